The Labute approximate surface area is 150 Å². The van der Waals surface area contributed by atoms with Crippen LogP contribution in [0.4, 0.5) is 0 Å². The molecule has 1 aromatic carbocycles. The molecule has 5 nitrogen and oxygen atoms in total. The van der Waals surface area contributed by atoms with E-state index in [1.807, 2.05) is 18.2 Å². The number of unbranched alkanes of at least 4 members (excludes halogenated alkanes) is 3. The SMILES string of the molecule is CCCCCCNC(N)=NCc1cccc(C(=O)NC)c1.I. The number of amides is 1. The van der Waals surface area contributed by atoms with Crippen LogP contribution in [0.3, 0.4) is 0 Å². The van der Waals surface area contributed by atoms with Crippen molar-refractivity contribution < 1.29 is 4.79 Å². The Hall–Kier alpha value is -1.31. The summed E-state index contributed by atoms with van der Waals surface area (Å²) >= 11 is 0. The number of carbonyl (C=O) groups is 1. The van der Waals surface area contributed by atoms with Crippen LogP contribution in [0.1, 0.15) is 48.5 Å². The molecule has 6 heteroatoms. The van der Waals surface area contributed by atoms with Gasteiger partial charge in [-0.05, 0) is 24.1 Å². The van der Waals surface area contributed by atoms with Crippen LogP contribution in [0.2, 0.25) is 0 Å². The monoisotopic (exact) mass is 418 g/mol. The van der Waals surface area contributed by atoms with Crippen LogP contribution in [0.15, 0.2) is 29.3 Å². The lowest BCUT2D eigenvalue weighted by Crippen LogP contribution is -2.32. The molecule has 1 rings (SSSR count). The average molecular weight is 418 g/mol. The number of nitrogens with zero attached hydrogens (tertiary/aromatic N) is 1. The molecule has 0 bridgehead atoms. The number of halogens is 1. The van der Waals surface area contributed by atoms with E-state index < -0.39 is 0 Å². The number of benzene rings is 1. The number of nitrogens with one attached hydrogen (secondary N) is 2. The van der Waals surface area contributed by atoms with E-state index in [0.717, 1.165) is 18.5 Å². The molecular formula is C16H27IN4O. The van der Waals surface area contributed by atoms with Crippen molar-refractivity contribution in [3.8, 4) is 0 Å². The number of nitrogens with two attached hydrogens (primary N) is 1. The third-order valence-corrected chi connectivity index (χ3v) is 3.18. The number of rotatable bonds is 8. The van der Waals surface area contributed by atoms with Crippen LogP contribution in [0.25, 0.3) is 0 Å². The van der Waals surface area contributed by atoms with Crippen LogP contribution in [-0.2, 0) is 6.54 Å². The summed E-state index contributed by atoms with van der Waals surface area (Å²) < 4.78 is 0. The molecule has 124 valence electrons. The summed E-state index contributed by atoms with van der Waals surface area (Å²) in [5, 5.41) is 5.71. The first-order chi connectivity index (χ1) is 10.2. The largest absolute Gasteiger partial charge is 0.370 e. The maximum Gasteiger partial charge on any atom is 0.251 e. The topological polar surface area (TPSA) is 79.5 Å². The predicted molar refractivity (Wildman–Crippen MR) is 103 cm³/mol. The smallest absolute Gasteiger partial charge is 0.251 e. The molecule has 0 aromatic heterocycles. The lowest BCUT2D eigenvalue weighted by atomic mass is 10.1. The van der Waals surface area contributed by atoms with E-state index in [2.05, 4.69) is 22.5 Å². The number of guanidine groups is 1. The van der Waals surface area contributed by atoms with Gasteiger partial charge in [-0.3, -0.25) is 4.79 Å². The van der Waals surface area contributed by atoms with Gasteiger partial charge in [0.2, 0.25) is 0 Å². The van der Waals surface area contributed by atoms with Crippen molar-refractivity contribution in [3.05, 3.63) is 35.4 Å². The Morgan fingerprint density at radius 2 is 2.05 bits per heavy atom. The maximum absolute atomic E-state index is 11.5. The number of aliphatic imine (C=N–C) groups is 1. The summed E-state index contributed by atoms with van der Waals surface area (Å²) in [6, 6.07) is 7.40. The first kappa shape index (κ1) is 20.7. The van der Waals surface area contributed by atoms with Gasteiger partial charge in [-0.2, -0.15) is 0 Å². The van der Waals surface area contributed by atoms with Gasteiger partial charge in [0, 0.05) is 19.2 Å². The van der Waals surface area contributed by atoms with Crippen LogP contribution < -0.4 is 16.4 Å². The molecule has 0 saturated carbocycles. The first-order valence-corrected chi connectivity index (χ1v) is 7.52. The fraction of sp³-hybridized carbons (Fsp3) is 0.500. The van der Waals surface area contributed by atoms with Gasteiger partial charge in [0.05, 0.1) is 6.54 Å². The van der Waals surface area contributed by atoms with Crippen molar-refractivity contribution in [1.29, 1.82) is 0 Å². The Morgan fingerprint density at radius 1 is 1.27 bits per heavy atom. The lowest BCUT2D eigenvalue weighted by Gasteiger charge is -2.06. The molecule has 0 spiro atoms. The van der Waals surface area contributed by atoms with E-state index in [0.29, 0.717) is 18.1 Å². The molecule has 0 radical (unpaired) electrons. The zero-order chi connectivity index (χ0) is 15.5. The zero-order valence-electron chi connectivity index (χ0n) is 13.4. The predicted octanol–water partition coefficient (Wildman–Crippen LogP) is 2.65. The second kappa shape index (κ2) is 12.3. The molecule has 22 heavy (non-hydrogen) atoms. The fourth-order valence-corrected chi connectivity index (χ4v) is 1.96. The second-order valence-corrected chi connectivity index (χ2v) is 4.97. The van der Waals surface area contributed by atoms with Gasteiger partial charge in [-0.1, -0.05) is 38.3 Å². The minimum atomic E-state index is -0.0946. The summed E-state index contributed by atoms with van der Waals surface area (Å²) in [7, 11) is 1.62. The number of carbonyl (C=O) groups excluding carboxylic acids is 1. The van der Waals surface area contributed by atoms with Gasteiger partial charge >= 0.3 is 0 Å². The molecule has 0 atom stereocenters. The van der Waals surface area contributed by atoms with Crippen molar-refractivity contribution in [2.45, 2.75) is 39.2 Å². The van der Waals surface area contributed by atoms with Gasteiger partial charge in [-0.25, -0.2) is 4.99 Å². The van der Waals surface area contributed by atoms with Crippen LogP contribution in [0.5, 0.6) is 0 Å². The molecule has 0 fully saturated rings. The van der Waals surface area contributed by atoms with E-state index >= 15 is 0 Å². The molecule has 0 aliphatic heterocycles. The fourth-order valence-electron chi connectivity index (χ4n) is 1.96. The van der Waals surface area contributed by atoms with Crippen molar-refractivity contribution >= 4 is 35.8 Å². The highest BCUT2D eigenvalue weighted by Gasteiger charge is 2.03. The number of hydrogen-bond acceptors (Lipinski definition) is 2. The highest BCUT2D eigenvalue weighted by atomic mass is 127. The van der Waals surface area contributed by atoms with Crippen LogP contribution in [0, 0.1) is 0 Å². The molecule has 0 aliphatic carbocycles. The van der Waals surface area contributed by atoms with E-state index in [-0.39, 0.29) is 29.9 Å². The molecule has 4 N–H and O–H groups in total. The summed E-state index contributed by atoms with van der Waals surface area (Å²) in [5.41, 5.74) is 7.42. The molecule has 1 amide bonds. The highest BCUT2D eigenvalue weighted by molar-refractivity contribution is 14.0. The van der Waals surface area contributed by atoms with E-state index in [9.17, 15) is 4.79 Å². The van der Waals surface area contributed by atoms with Gasteiger partial charge < -0.3 is 16.4 Å². The van der Waals surface area contributed by atoms with Crippen molar-refractivity contribution in [2.75, 3.05) is 13.6 Å². The molecule has 0 aliphatic rings. The summed E-state index contributed by atoms with van der Waals surface area (Å²) in [6.07, 6.45) is 4.80. The third kappa shape index (κ3) is 8.21. The Bertz CT molecular complexity index is 477. The quantitative estimate of drug-likeness (QED) is 0.263. The Kier molecular flexibility index (Phi) is 11.5. The lowest BCUT2D eigenvalue weighted by molar-refractivity contribution is 0.0963. The minimum absolute atomic E-state index is 0. The maximum atomic E-state index is 11.5. The first-order valence-electron chi connectivity index (χ1n) is 7.52. The van der Waals surface area contributed by atoms with Gasteiger partial charge in [0.15, 0.2) is 5.96 Å². The van der Waals surface area contributed by atoms with E-state index in [1.165, 1.54) is 19.3 Å². The van der Waals surface area contributed by atoms with Gasteiger partial charge in [0.25, 0.3) is 5.91 Å². The zero-order valence-corrected chi connectivity index (χ0v) is 15.7. The molecule has 0 saturated heterocycles. The molecule has 0 unspecified atom stereocenters. The average Bonchev–Trinajstić information content (AvgIpc) is 2.52. The van der Waals surface area contributed by atoms with Crippen LogP contribution >= 0.6 is 24.0 Å². The normalized spacial score (nSPS) is 10.7. The molecule has 0 heterocycles. The van der Waals surface area contributed by atoms with Gasteiger partial charge in [-0.15, -0.1) is 24.0 Å². The van der Waals surface area contributed by atoms with Crippen molar-refractivity contribution in [3.63, 3.8) is 0 Å². The number of hydrogen-bond donors (Lipinski definition) is 3. The van der Waals surface area contributed by atoms with E-state index in [1.54, 1.807) is 13.1 Å². The van der Waals surface area contributed by atoms with Crippen LogP contribution in [-0.4, -0.2) is 25.5 Å². The minimum Gasteiger partial charge on any atom is -0.370 e. The molecule has 1 aromatic rings. The van der Waals surface area contributed by atoms with Gasteiger partial charge in [0.1, 0.15) is 0 Å². The van der Waals surface area contributed by atoms with Crippen molar-refractivity contribution in [2.24, 2.45) is 10.7 Å². The summed E-state index contributed by atoms with van der Waals surface area (Å²) in [6.45, 7) is 3.52. The third-order valence-electron chi connectivity index (χ3n) is 3.18. The Balaban J connectivity index is 0.00000441. The molecular weight excluding hydrogens is 391 g/mol. The van der Waals surface area contributed by atoms with E-state index in [4.69, 9.17) is 5.73 Å². The van der Waals surface area contributed by atoms with Crippen molar-refractivity contribution in [1.82, 2.24) is 10.6 Å². The summed E-state index contributed by atoms with van der Waals surface area (Å²) in [4.78, 5) is 15.8. The second-order valence-electron chi connectivity index (χ2n) is 4.97. The Morgan fingerprint density at radius 3 is 2.73 bits per heavy atom. The summed E-state index contributed by atoms with van der Waals surface area (Å²) in [5.74, 6) is 0.361. The highest BCUT2D eigenvalue weighted by Crippen LogP contribution is 2.06. The standard InChI is InChI=1S/C16H26N4O.HI/c1-3-4-5-6-10-19-16(17)20-12-13-8-7-9-14(11-13)15(21)18-2;/h7-9,11H,3-6,10,12H2,1-2H3,(H,18,21)(H3,17,19,20);1H.